The van der Waals surface area contributed by atoms with Crippen LogP contribution in [0.25, 0.3) is 0 Å². The van der Waals surface area contributed by atoms with E-state index in [9.17, 15) is 9.59 Å². The largest absolute Gasteiger partial charge is 0.467 e. The summed E-state index contributed by atoms with van der Waals surface area (Å²) in [6.45, 7) is 5.95. The normalized spacial score (nSPS) is 16.2. The van der Waals surface area contributed by atoms with E-state index < -0.39 is 6.04 Å². The number of hydrogen-bond acceptors (Lipinski definition) is 3. The summed E-state index contributed by atoms with van der Waals surface area (Å²) >= 11 is 0. The second kappa shape index (κ2) is 9.75. The van der Waals surface area contributed by atoms with Crippen LogP contribution in [0.15, 0.2) is 18.2 Å². The molecule has 1 atom stereocenters. The molecule has 0 aromatic heterocycles. The molecule has 0 unspecified atom stereocenters. The van der Waals surface area contributed by atoms with Crippen LogP contribution in [0, 0.1) is 5.92 Å². The quantitative estimate of drug-likeness (QED) is 0.664. The van der Waals surface area contributed by atoms with Gasteiger partial charge in [0, 0.05) is 6.42 Å². The summed E-state index contributed by atoms with van der Waals surface area (Å²) in [6, 6.07) is 5.53. The highest BCUT2D eigenvalue weighted by atomic mass is 16.5. The van der Waals surface area contributed by atoms with Crippen LogP contribution in [0.4, 0.5) is 5.69 Å². The fraction of sp³-hybridized carbons (Fsp3) is 0.636. The van der Waals surface area contributed by atoms with Gasteiger partial charge in [0.25, 0.3) is 0 Å². The Labute approximate surface area is 157 Å². The number of para-hydroxylation sites is 1. The molecule has 144 valence electrons. The molecule has 1 fully saturated rings. The summed E-state index contributed by atoms with van der Waals surface area (Å²) in [7, 11) is 1.38. The molecular weight excluding hydrogens is 326 g/mol. The average molecular weight is 360 g/mol. The number of esters is 1. The molecule has 1 aliphatic carbocycles. The van der Waals surface area contributed by atoms with Gasteiger partial charge in [0.05, 0.1) is 12.8 Å². The standard InChI is InChI=1S/C22H33NO3/c1-5-18-13-10-14-19(6-2)21(18)23(16(3)22(25)26-4)20(24)15-17-11-8-7-9-12-17/h10,13-14,16-17H,5-9,11-12,15H2,1-4H3/t16-/m1/s1. The lowest BCUT2D eigenvalue weighted by Gasteiger charge is -2.33. The van der Waals surface area contributed by atoms with E-state index in [-0.39, 0.29) is 11.9 Å². The monoisotopic (exact) mass is 359 g/mol. The third kappa shape index (κ3) is 4.66. The Bertz CT molecular complexity index is 598. The van der Waals surface area contributed by atoms with Crippen LogP contribution in [-0.4, -0.2) is 25.0 Å². The molecule has 26 heavy (non-hydrogen) atoms. The zero-order valence-corrected chi connectivity index (χ0v) is 16.7. The van der Waals surface area contributed by atoms with Gasteiger partial charge in [-0.15, -0.1) is 0 Å². The Hall–Kier alpha value is -1.84. The minimum absolute atomic E-state index is 0.0467. The van der Waals surface area contributed by atoms with Gasteiger partial charge < -0.3 is 4.74 Å². The SMILES string of the molecule is CCc1cccc(CC)c1N(C(=O)CC1CCCCC1)[C@H](C)C(=O)OC. The summed E-state index contributed by atoms with van der Waals surface area (Å²) in [5, 5.41) is 0. The van der Waals surface area contributed by atoms with E-state index in [2.05, 4.69) is 26.0 Å². The van der Waals surface area contributed by atoms with E-state index in [0.29, 0.717) is 12.3 Å². The third-order valence-corrected chi connectivity index (χ3v) is 5.59. The van der Waals surface area contributed by atoms with E-state index >= 15 is 0 Å². The van der Waals surface area contributed by atoms with Crippen molar-refractivity contribution in [2.45, 2.75) is 78.2 Å². The predicted molar refractivity (Wildman–Crippen MR) is 105 cm³/mol. The molecule has 1 aromatic carbocycles. The summed E-state index contributed by atoms with van der Waals surface area (Å²) in [4.78, 5) is 27.4. The average Bonchev–Trinajstić information content (AvgIpc) is 2.68. The van der Waals surface area contributed by atoms with Crippen molar-refractivity contribution in [1.82, 2.24) is 0 Å². The molecule has 2 rings (SSSR count). The second-order valence-corrected chi connectivity index (χ2v) is 7.30. The molecule has 0 saturated heterocycles. The fourth-order valence-electron chi connectivity index (χ4n) is 4.07. The fourth-order valence-corrected chi connectivity index (χ4v) is 4.07. The van der Waals surface area contributed by atoms with Crippen molar-refractivity contribution in [2.24, 2.45) is 5.92 Å². The van der Waals surface area contributed by atoms with Gasteiger partial charge in [-0.1, -0.05) is 51.3 Å². The maximum absolute atomic E-state index is 13.3. The van der Waals surface area contributed by atoms with E-state index in [1.807, 2.05) is 6.07 Å². The summed E-state index contributed by atoms with van der Waals surface area (Å²) < 4.78 is 4.97. The highest BCUT2D eigenvalue weighted by molar-refractivity contribution is 6.00. The lowest BCUT2D eigenvalue weighted by atomic mass is 9.86. The van der Waals surface area contributed by atoms with Gasteiger partial charge in [0.1, 0.15) is 6.04 Å². The van der Waals surface area contributed by atoms with Crippen LogP contribution < -0.4 is 4.90 Å². The molecule has 0 heterocycles. The number of carbonyl (C=O) groups excluding carboxylic acids is 2. The van der Waals surface area contributed by atoms with Crippen molar-refractivity contribution in [2.75, 3.05) is 12.0 Å². The van der Waals surface area contributed by atoms with Gasteiger partial charge in [-0.25, -0.2) is 4.79 Å². The van der Waals surface area contributed by atoms with Crippen molar-refractivity contribution < 1.29 is 14.3 Å². The molecule has 0 aliphatic heterocycles. The lowest BCUT2D eigenvalue weighted by molar-refractivity contribution is -0.143. The molecule has 4 nitrogen and oxygen atoms in total. The topological polar surface area (TPSA) is 46.6 Å². The number of aryl methyl sites for hydroxylation is 2. The van der Waals surface area contributed by atoms with Crippen molar-refractivity contribution in [3.63, 3.8) is 0 Å². The van der Waals surface area contributed by atoms with Gasteiger partial charge in [-0.05, 0) is 49.7 Å². The Morgan fingerprint density at radius 1 is 1.12 bits per heavy atom. The van der Waals surface area contributed by atoms with Crippen LogP contribution in [0.2, 0.25) is 0 Å². The summed E-state index contributed by atoms with van der Waals surface area (Å²) in [5.41, 5.74) is 3.13. The summed E-state index contributed by atoms with van der Waals surface area (Å²) in [5.74, 6) is 0.114. The van der Waals surface area contributed by atoms with Gasteiger partial charge in [-0.2, -0.15) is 0 Å². The zero-order valence-electron chi connectivity index (χ0n) is 16.7. The minimum atomic E-state index is -0.617. The van der Waals surface area contributed by atoms with Crippen molar-refractivity contribution in [3.8, 4) is 0 Å². The van der Waals surface area contributed by atoms with Crippen LogP contribution in [-0.2, 0) is 27.2 Å². The van der Waals surface area contributed by atoms with Gasteiger partial charge in [0.2, 0.25) is 5.91 Å². The zero-order chi connectivity index (χ0) is 19.1. The first-order valence-electron chi connectivity index (χ1n) is 10.0. The molecule has 1 aliphatic rings. The minimum Gasteiger partial charge on any atom is -0.467 e. The van der Waals surface area contributed by atoms with Crippen molar-refractivity contribution in [3.05, 3.63) is 29.3 Å². The third-order valence-electron chi connectivity index (χ3n) is 5.59. The number of benzene rings is 1. The second-order valence-electron chi connectivity index (χ2n) is 7.30. The molecule has 0 bridgehead atoms. The Kier molecular flexibility index (Phi) is 7.67. The molecule has 0 radical (unpaired) electrons. The molecule has 1 aromatic rings. The van der Waals surface area contributed by atoms with E-state index in [0.717, 1.165) is 42.5 Å². The molecule has 1 amide bonds. The number of ether oxygens (including phenoxy) is 1. The first kappa shape index (κ1) is 20.5. The Morgan fingerprint density at radius 2 is 1.69 bits per heavy atom. The highest BCUT2D eigenvalue weighted by Gasteiger charge is 2.32. The predicted octanol–water partition coefficient (Wildman–Crippen LogP) is 4.68. The van der Waals surface area contributed by atoms with Gasteiger partial charge in [-0.3, -0.25) is 9.69 Å². The summed E-state index contributed by atoms with van der Waals surface area (Å²) in [6.07, 6.45) is 8.07. The van der Waals surface area contributed by atoms with Crippen molar-refractivity contribution in [1.29, 1.82) is 0 Å². The molecule has 4 heteroatoms. The smallest absolute Gasteiger partial charge is 0.328 e. The van der Waals surface area contributed by atoms with E-state index in [4.69, 9.17) is 4.74 Å². The number of nitrogens with zero attached hydrogens (tertiary/aromatic N) is 1. The Morgan fingerprint density at radius 3 is 2.19 bits per heavy atom. The molecule has 1 saturated carbocycles. The maximum Gasteiger partial charge on any atom is 0.328 e. The lowest BCUT2D eigenvalue weighted by Crippen LogP contribution is -2.45. The van der Waals surface area contributed by atoms with Gasteiger partial charge >= 0.3 is 5.97 Å². The van der Waals surface area contributed by atoms with Crippen molar-refractivity contribution >= 4 is 17.6 Å². The van der Waals surface area contributed by atoms with Crippen LogP contribution in [0.1, 0.15) is 70.4 Å². The van der Waals surface area contributed by atoms with E-state index in [1.165, 1.54) is 26.4 Å². The van der Waals surface area contributed by atoms with Crippen LogP contribution in [0.5, 0.6) is 0 Å². The number of carbonyl (C=O) groups is 2. The molecule has 0 spiro atoms. The highest BCUT2D eigenvalue weighted by Crippen LogP contribution is 2.32. The van der Waals surface area contributed by atoms with E-state index in [1.54, 1.807) is 11.8 Å². The first-order valence-corrected chi connectivity index (χ1v) is 10.0. The van der Waals surface area contributed by atoms with Gasteiger partial charge in [0.15, 0.2) is 0 Å². The number of anilines is 1. The first-order chi connectivity index (χ1) is 12.5. The number of methoxy groups -OCH3 is 1. The molecular formula is C22H33NO3. The van der Waals surface area contributed by atoms with Crippen LogP contribution in [0.3, 0.4) is 0 Å². The number of amides is 1. The maximum atomic E-state index is 13.3. The number of hydrogen-bond donors (Lipinski definition) is 0. The Balaban J connectivity index is 2.41. The number of rotatable bonds is 7. The molecule has 0 N–H and O–H groups in total. The van der Waals surface area contributed by atoms with Crippen LogP contribution >= 0.6 is 0 Å².